The van der Waals surface area contributed by atoms with Crippen LogP contribution < -0.4 is 10.5 Å². The normalized spacial score (nSPS) is 11.1. The Bertz CT molecular complexity index is 486. The average molecular weight is 246 g/mol. The molecule has 0 radical (unpaired) electrons. The fraction of sp³-hybridized carbons (Fsp3) is 0.231. The molecular weight excluding hydrogens is 232 g/mol. The van der Waals surface area contributed by atoms with Crippen LogP contribution in [0.5, 0.6) is 5.75 Å². The summed E-state index contributed by atoms with van der Waals surface area (Å²) in [7, 11) is 0. The van der Waals surface area contributed by atoms with E-state index in [0.29, 0.717) is 5.75 Å². The van der Waals surface area contributed by atoms with Gasteiger partial charge in [0.25, 0.3) is 0 Å². The maximum atomic E-state index is 8.90. The number of ether oxygens (including phenoxy) is 1. The largest absolute Gasteiger partial charge is 0.490 e. The molecule has 0 unspecified atom stereocenters. The Labute approximate surface area is 107 Å². The van der Waals surface area contributed by atoms with Crippen LogP contribution in [0.3, 0.4) is 0 Å². The van der Waals surface area contributed by atoms with Crippen LogP contribution >= 0.6 is 12.2 Å². The van der Waals surface area contributed by atoms with Crippen molar-refractivity contribution in [1.29, 1.82) is 5.26 Å². The fourth-order valence-electron chi connectivity index (χ4n) is 1.28. The zero-order valence-corrected chi connectivity index (χ0v) is 10.6. The molecule has 4 heteroatoms. The molecule has 0 aliphatic heterocycles. The minimum atomic E-state index is 0.0694. The predicted octanol–water partition coefficient (Wildman–Crippen LogP) is 2.67. The van der Waals surface area contributed by atoms with E-state index >= 15 is 0 Å². The zero-order chi connectivity index (χ0) is 12.8. The second-order valence-electron chi connectivity index (χ2n) is 3.74. The number of hydrogen-bond donors (Lipinski definition) is 1. The van der Waals surface area contributed by atoms with Crippen molar-refractivity contribution >= 4 is 23.3 Å². The Kier molecular flexibility index (Phi) is 4.68. The second-order valence-corrected chi connectivity index (χ2v) is 4.18. The van der Waals surface area contributed by atoms with Crippen molar-refractivity contribution in [3.05, 3.63) is 35.4 Å². The van der Waals surface area contributed by atoms with Gasteiger partial charge in [-0.3, -0.25) is 0 Å². The Balaban J connectivity index is 3.14. The van der Waals surface area contributed by atoms with Gasteiger partial charge in [0.15, 0.2) is 0 Å². The van der Waals surface area contributed by atoms with Gasteiger partial charge in [-0.25, -0.2) is 0 Å². The fourth-order valence-corrected chi connectivity index (χ4v) is 1.38. The molecule has 0 aliphatic rings. The van der Waals surface area contributed by atoms with Gasteiger partial charge in [0.1, 0.15) is 16.8 Å². The summed E-state index contributed by atoms with van der Waals surface area (Å²) < 4.78 is 5.63. The van der Waals surface area contributed by atoms with E-state index in [0.717, 1.165) is 5.56 Å². The van der Waals surface area contributed by atoms with Gasteiger partial charge in [-0.15, -0.1) is 0 Å². The third-order valence-electron chi connectivity index (χ3n) is 1.97. The summed E-state index contributed by atoms with van der Waals surface area (Å²) >= 11 is 4.79. The van der Waals surface area contributed by atoms with Gasteiger partial charge >= 0.3 is 0 Å². The maximum Gasteiger partial charge on any atom is 0.126 e. The second kappa shape index (κ2) is 6.02. The molecule has 1 rings (SSSR count). The molecule has 0 fully saturated rings. The van der Waals surface area contributed by atoms with Crippen LogP contribution in [0.15, 0.2) is 29.8 Å². The Morgan fingerprint density at radius 2 is 2.12 bits per heavy atom. The maximum absolute atomic E-state index is 8.90. The van der Waals surface area contributed by atoms with Crippen LogP contribution in [0, 0.1) is 11.3 Å². The van der Waals surface area contributed by atoms with Crippen LogP contribution in [0.4, 0.5) is 0 Å². The van der Waals surface area contributed by atoms with Crippen LogP contribution in [0.25, 0.3) is 6.08 Å². The highest BCUT2D eigenvalue weighted by Gasteiger charge is 2.05. The predicted molar refractivity (Wildman–Crippen MR) is 72.6 cm³/mol. The SMILES string of the molecule is CC(C)Oc1ccccc1/C=C(\C#N)C(N)=S. The first-order valence-electron chi connectivity index (χ1n) is 5.22. The highest BCUT2D eigenvalue weighted by molar-refractivity contribution is 7.80. The Morgan fingerprint density at radius 1 is 1.47 bits per heavy atom. The standard InChI is InChI=1S/C13H14N2OS/c1-9(2)16-12-6-4-3-5-10(12)7-11(8-14)13(15)17/h3-7,9H,1-2H3,(H2,15,17)/b11-7+. The molecule has 0 aliphatic carbocycles. The smallest absolute Gasteiger partial charge is 0.126 e. The zero-order valence-electron chi connectivity index (χ0n) is 9.81. The number of para-hydroxylation sites is 1. The summed E-state index contributed by atoms with van der Waals surface area (Å²) in [4.78, 5) is 0.0897. The minimum Gasteiger partial charge on any atom is -0.490 e. The number of rotatable bonds is 4. The molecule has 2 N–H and O–H groups in total. The summed E-state index contributed by atoms with van der Waals surface area (Å²) in [5, 5.41) is 8.90. The lowest BCUT2D eigenvalue weighted by atomic mass is 10.1. The van der Waals surface area contributed by atoms with Gasteiger partial charge in [0.05, 0.1) is 11.7 Å². The van der Waals surface area contributed by atoms with E-state index in [1.54, 1.807) is 6.08 Å². The van der Waals surface area contributed by atoms with Crippen molar-refractivity contribution < 1.29 is 4.74 Å². The number of nitriles is 1. The molecule has 17 heavy (non-hydrogen) atoms. The van der Waals surface area contributed by atoms with E-state index in [2.05, 4.69) is 0 Å². The van der Waals surface area contributed by atoms with Crippen molar-refractivity contribution in [3.63, 3.8) is 0 Å². The minimum absolute atomic E-state index is 0.0694. The lowest BCUT2D eigenvalue weighted by Crippen LogP contribution is -2.10. The number of hydrogen-bond acceptors (Lipinski definition) is 3. The van der Waals surface area contributed by atoms with Gasteiger partial charge in [0.2, 0.25) is 0 Å². The molecule has 0 heterocycles. The van der Waals surface area contributed by atoms with E-state index < -0.39 is 0 Å². The van der Waals surface area contributed by atoms with Crippen molar-refractivity contribution in [2.24, 2.45) is 5.73 Å². The molecule has 0 atom stereocenters. The quantitative estimate of drug-likeness (QED) is 0.504. The first-order chi connectivity index (χ1) is 8.04. The van der Waals surface area contributed by atoms with Crippen molar-refractivity contribution in [1.82, 2.24) is 0 Å². The van der Waals surface area contributed by atoms with Crippen molar-refractivity contribution in [2.45, 2.75) is 20.0 Å². The molecular formula is C13H14N2OS. The van der Waals surface area contributed by atoms with Crippen LogP contribution in [-0.4, -0.2) is 11.1 Å². The highest BCUT2D eigenvalue weighted by Crippen LogP contribution is 2.22. The van der Waals surface area contributed by atoms with Gasteiger partial charge in [-0.1, -0.05) is 30.4 Å². The Morgan fingerprint density at radius 3 is 2.65 bits per heavy atom. The third-order valence-corrected chi connectivity index (χ3v) is 2.19. The molecule has 0 spiro atoms. The average Bonchev–Trinajstić information content (AvgIpc) is 2.26. The summed E-state index contributed by atoms with van der Waals surface area (Å²) in [5.74, 6) is 0.714. The highest BCUT2D eigenvalue weighted by atomic mass is 32.1. The van der Waals surface area contributed by atoms with Gasteiger partial charge in [0, 0.05) is 5.56 Å². The van der Waals surface area contributed by atoms with Crippen molar-refractivity contribution in [3.8, 4) is 11.8 Å². The molecule has 88 valence electrons. The number of benzene rings is 1. The van der Waals surface area contributed by atoms with E-state index in [4.69, 9.17) is 28.0 Å². The van der Waals surface area contributed by atoms with Crippen molar-refractivity contribution in [2.75, 3.05) is 0 Å². The topological polar surface area (TPSA) is 59.0 Å². The summed E-state index contributed by atoms with van der Waals surface area (Å²) in [6.45, 7) is 3.89. The number of thiocarbonyl (C=S) groups is 1. The summed E-state index contributed by atoms with van der Waals surface area (Å²) in [6.07, 6.45) is 1.71. The summed E-state index contributed by atoms with van der Waals surface area (Å²) in [5.41, 5.74) is 6.52. The van der Waals surface area contributed by atoms with E-state index in [-0.39, 0.29) is 16.7 Å². The Hall–Kier alpha value is -1.86. The monoisotopic (exact) mass is 246 g/mol. The summed E-state index contributed by atoms with van der Waals surface area (Å²) in [6, 6.07) is 9.42. The lowest BCUT2D eigenvalue weighted by Gasteiger charge is -2.12. The van der Waals surface area contributed by atoms with Gasteiger partial charge in [-0.05, 0) is 26.0 Å². The van der Waals surface area contributed by atoms with Crippen LogP contribution in [0.1, 0.15) is 19.4 Å². The van der Waals surface area contributed by atoms with Crippen LogP contribution in [-0.2, 0) is 0 Å². The third kappa shape index (κ3) is 3.89. The van der Waals surface area contributed by atoms with E-state index in [1.807, 2.05) is 44.2 Å². The van der Waals surface area contributed by atoms with Crippen LogP contribution in [0.2, 0.25) is 0 Å². The molecule has 0 saturated carbocycles. The van der Waals surface area contributed by atoms with E-state index in [9.17, 15) is 0 Å². The van der Waals surface area contributed by atoms with Gasteiger partial charge < -0.3 is 10.5 Å². The number of nitrogens with two attached hydrogens (primary N) is 1. The number of nitrogens with zero attached hydrogens (tertiary/aromatic N) is 1. The molecule has 0 bridgehead atoms. The van der Waals surface area contributed by atoms with E-state index in [1.165, 1.54) is 0 Å². The molecule has 3 nitrogen and oxygen atoms in total. The molecule has 0 aromatic heterocycles. The lowest BCUT2D eigenvalue weighted by molar-refractivity contribution is 0.242. The molecule has 1 aromatic rings. The first-order valence-corrected chi connectivity index (χ1v) is 5.62. The molecule has 0 saturated heterocycles. The van der Waals surface area contributed by atoms with Gasteiger partial charge in [-0.2, -0.15) is 5.26 Å². The molecule has 0 amide bonds. The first kappa shape index (κ1) is 13.2. The molecule has 1 aromatic carbocycles.